The lowest BCUT2D eigenvalue weighted by Gasteiger charge is -2.45. The summed E-state index contributed by atoms with van der Waals surface area (Å²) < 4.78 is 0. The lowest BCUT2D eigenvalue weighted by atomic mass is 9.74. The number of aromatic nitrogens is 2. The number of carbonyl (C=O) groups is 2. The first-order valence-corrected chi connectivity index (χ1v) is 9.72. The van der Waals surface area contributed by atoms with Gasteiger partial charge in [0.25, 0.3) is 5.91 Å². The van der Waals surface area contributed by atoms with Crippen LogP contribution in [-0.2, 0) is 6.42 Å². The minimum atomic E-state index is -0.889. The van der Waals surface area contributed by atoms with Crippen molar-refractivity contribution < 1.29 is 14.7 Å². The molecule has 5 rings (SSSR count). The third-order valence-corrected chi connectivity index (χ3v) is 6.21. The van der Waals surface area contributed by atoms with Gasteiger partial charge in [-0.2, -0.15) is 0 Å². The number of H-pyrrole nitrogens is 1. The number of aromatic carboxylic acids is 1. The standard InChI is InChI=1S/C22H21N3O3/c26-21(14-4-7-18-19(11-14)24-12-23-18)25-9-1-2-17-16-6-3-15(22(27)28)10-13(16)5-8-20(17)25/h3-4,6-7,10-12,17,20H,1-2,5,8-9H2,(H,23,24)(H,27,28)/t17-,20+/m1/s1. The molecule has 1 fully saturated rings. The molecule has 6 nitrogen and oxygen atoms in total. The van der Waals surface area contributed by atoms with Crippen molar-refractivity contribution in [2.45, 2.75) is 37.6 Å². The first kappa shape index (κ1) is 17.0. The summed E-state index contributed by atoms with van der Waals surface area (Å²) in [4.78, 5) is 33.9. The van der Waals surface area contributed by atoms with Gasteiger partial charge in [0.1, 0.15) is 0 Å². The lowest BCUT2D eigenvalue weighted by molar-refractivity contribution is 0.0547. The van der Waals surface area contributed by atoms with E-state index < -0.39 is 5.97 Å². The summed E-state index contributed by atoms with van der Waals surface area (Å²) in [5.74, 6) is -0.545. The van der Waals surface area contributed by atoms with Gasteiger partial charge in [0.05, 0.1) is 22.9 Å². The maximum absolute atomic E-state index is 13.3. The summed E-state index contributed by atoms with van der Waals surface area (Å²) in [6.45, 7) is 0.767. The van der Waals surface area contributed by atoms with Gasteiger partial charge in [-0.1, -0.05) is 6.07 Å². The van der Waals surface area contributed by atoms with Gasteiger partial charge < -0.3 is 15.0 Å². The van der Waals surface area contributed by atoms with Gasteiger partial charge in [-0.3, -0.25) is 4.79 Å². The van der Waals surface area contributed by atoms with Crippen LogP contribution in [0.4, 0.5) is 0 Å². The number of aromatic amines is 1. The number of rotatable bonds is 2. The van der Waals surface area contributed by atoms with E-state index in [0.717, 1.165) is 48.8 Å². The smallest absolute Gasteiger partial charge is 0.335 e. The summed E-state index contributed by atoms with van der Waals surface area (Å²) in [6, 6.07) is 11.2. The summed E-state index contributed by atoms with van der Waals surface area (Å²) in [6.07, 6.45) is 5.31. The van der Waals surface area contributed by atoms with Gasteiger partial charge in [-0.05, 0) is 67.1 Å². The number of nitrogens with zero attached hydrogens (tertiary/aromatic N) is 2. The molecule has 1 aliphatic carbocycles. The van der Waals surface area contributed by atoms with Crippen molar-refractivity contribution in [1.29, 1.82) is 0 Å². The fourth-order valence-corrected chi connectivity index (χ4v) is 4.88. The number of nitrogens with one attached hydrogen (secondary N) is 1. The van der Waals surface area contributed by atoms with Crippen LogP contribution < -0.4 is 0 Å². The molecular formula is C22H21N3O3. The number of piperidine rings is 1. The van der Waals surface area contributed by atoms with Crippen LogP contribution in [0, 0.1) is 0 Å². The number of carboxylic acids is 1. The van der Waals surface area contributed by atoms with Crippen molar-refractivity contribution in [3.8, 4) is 0 Å². The van der Waals surface area contributed by atoms with Crippen LogP contribution in [0.25, 0.3) is 11.0 Å². The highest BCUT2D eigenvalue weighted by atomic mass is 16.4. The van der Waals surface area contributed by atoms with Crippen LogP contribution in [0.1, 0.15) is 57.0 Å². The molecule has 2 atom stereocenters. The Morgan fingerprint density at radius 2 is 1.96 bits per heavy atom. The van der Waals surface area contributed by atoms with E-state index in [1.807, 2.05) is 29.2 Å². The summed E-state index contributed by atoms with van der Waals surface area (Å²) in [5, 5.41) is 9.26. The van der Waals surface area contributed by atoms with Gasteiger partial charge in [0.15, 0.2) is 0 Å². The Bertz CT molecular complexity index is 1090. The molecule has 2 aliphatic rings. The van der Waals surface area contributed by atoms with E-state index in [1.54, 1.807) is 18.5 Å². The maximum Gasteiger partial charge on any atom is 0.335 e. The van der Waals surface area contributed by atoms with Crippen molar-refractivity contribution in [2.24, 2.45) is 0 Å². The third-order valence-electron chi connectivity index (χ3n) is 6.21. The van der Waals surface area contributed by atoms with Crippen molar-refractivity contribution in [2.75, 3.05) is 6.54 Å². The molecule has 2 heterocycles. The van der Waals surface area contributed by atoms with Gasteiger partial charge in [-0.25, -0.2) is 9.78 Å². The zero-order valence-corrected chi connectivity index (χ0v) is 15.4. The van der Waals surface area contributed by atoms with Gasteiger partial charge in [0, 0.05) is 24.1 Å². The van der Waals surface area contributed by atoms with Gasteiger partial charge in [-0.15, -0.1) is 0 Å². The number of carbonyl (C=O) groups excluding carboxylic acids is 1. The first-order chi connectivity index (χ1) is 13.6. The Morgan fingerprint density at radius 3 is 2.82 bits per heavy atom. The highest BCUT2D eigenvalue weighted by Crippen LogP contribution is 2.41. The van der Waals surface area contributed by atoms with Crippen molar-refractivity contribution >= 4 is 22.9 Å². The molecule has 6 heteroatoms. The number of aryl methyl sites for hydroxylation is 1. The molecule has 28 heavy (non-hydrogen) atoms. The van der Waals surface area contributed by atoms with Crippen LogP contribution in [0.2, 0.25) is 0 Å². The highest BCUT2D eigenvalue weighted by molar-refractivity contribution is 5.97. The lowest BCUT2D eigenvalue weighted by Crippen LogP contribution is -2.49. The summed E-state index contributed by atoms with van der Waals surface area (Å²) in [5.41, 5.74) is 5.08. The van der Waals surface area contributed by atoms with E-state index in [9.17, 15) is 14.7 Å². The number of imidazole rings is 1. The number of benzene rings is 2. The number of fused-ring (bicyclic) bond motifs is 4. The van der Waals surface area contributed by atoms with E-state index in [4.69, 9.17) is 0 Å². The Balaban J connectivity index is 1.46. The second kappa shape index (κ2) is 6.48. The second-order valence-corrected chi connectivity index (χ2v) is 7.71. The van der Waals surface area contributed by atoms with Gasteiger partial charge in [0.2, 0.25) is 0 Å². The molecule has 142 valence electrons. The molecular weight excluding hydrogens is 354 g/mol. The summed E-state index contributed by atoms with van der Waals surface area (Å²) in [7, 11) is 0. The molecule has 0 spiro atoms. The third kappa shape index (κ3) is 2.68. The molecule has 0 saturated carbocycles. The average Bonchev–Trinajstić information content (AvgIpc) is 3.20. The quantitative estimate of drug-likeness (QED) is 0.717. The molecule has 3 aromatic rings. The molecule has 1 aromatic heterocycles. The normalized spacial score (nSPS) is 21.2. The fourth-order valence-electron chi connectivity index (χ4n) is 4.88. The van der Waals surface area contributed by atoms with Crippen LogP contribution >= 0.6 is 0 Å². The summed E-state index contributed by atoms with van der Waals surface area (Å²) >= 11 is 0. The molecule has 2 aromatic carbocycles. The highest BCUT2D eigenvalue weighted by Gasteiger charge is 2.38. The fraction of sp³-hybridized carbons (Fsp3) is 0.318. The van der Waals surface area contributed by atoms with E-state index in [-0.39, 0.29) is 17.9 Å². The maximum atomic E-state index is 13.3. The first-order valence-electron chi connectivity index (χ1n) is 9.72. The average molecular weight is 375 g/mol. The van der Waals surface area contributed by atoms with Crippen molar-refractivity contribution in [3.05, 3.63) is 65.0 Å². The van der Waals surface area contributed by atoms with E-state index in [1.165, 1.54) is 5.56 Å². The van der Waals surface area contributed by atoms with E-state index >= 15 is 0 Å². The molecule has 1 amide bonds. The zero-order valence-electron chi connectivity index (χ0n) is 15.4. The minimum Gasteiger partial charge on any atom is -0.478 e. The molecule has 0 unspecified atom stereocenters. The topological polar surface area (TPSA) is 86.3 Å². The second-order valence-electron chi connectivity index (χ2n) is 7.71. The molecule has 0 radical (unpaired) electrons. The predicted octanol–water partition coefficient (Wildman–Crippen LogP) is 3.60. The van der Waals surface area contributed by atoms with Gasteiger partial charge >= 0.3 is 5.97 Å². The number of carboxylic acid groups (broad SMARTS) is 1. The van der Waals surface area contributed by atoms with Crippen LogP contribution in [0.15, 0.2) is 42.7 Å². The number of hydrogen-bond donors (Lipinski definition) is 2. The molecule has 1 saturated heterocycles. The zero-order chi connectivity index (χ0) is 19.3. The number of hydrogen-bond acceptors (Lipinski definition) is 3. The Hall–Kier alpha value is -3.15. The van der Waals surface area contributed by atoms with Crippen molar-refractivity contribution in [3.63, 3.8) is 0 Å². The van der Waals surface area contributed by atoms with Crippen LogP contribution in [0.3, 0.4) is 0 Å². The number of amides is 1. The van der Waals surface area contributed by atoms with Crippen LogP contribution in [0.5, 0.6) is 0 Å². The monoisotopic (exact) mass is 375 g/mol. The number of likely N-dealkylation sites (tertiary alicyclic amines) is 1. The van der Waals surface area contributed by atoms with E-state index in [2.05, 4.69) is 9.97 Å². The SMILES string of the molecule is O=C(O)c1ccc2c(c1)CC[C@H]1[C@@H]2CCCN1C(=O)c1ccc2nc[nH]c2c1. The Labute approximate surface area is 162 Å². The largest absolute Gasteiger partial charge is 0.478 e. The molecule has 2 N–H and O–H groups in total. The minimum absolute atomic E-state index is 0.0665. The predicted molar refractivity (Wildman–Crippen MR) is 105 cm³/mol. The molecule has 1 aliphatic heterocycles. The molecule has 0 bridgehead atoms. The van der Waals surface area contributed by atoms with Crippen LogP contribution in [-0.4, -0.2) is 44.4 Å². The Kier molecular flexibility index (Phi) is 3.93. The Morgan fingerprint density at radius 1 is 1.11 bits per heavy atom. The van der Waals surface area contributed by atoms with E-state index in [0.29, 0.717) is 11.1 Å². The van der Waals surface area contributed by atoms with Crippen molar-refractivity contribution in [1.82, 2.24) is 14.9 Å².